The summed E-state index contributed by atoms with van der Waals surface area (Å²) in [6.07, 6.45) is -3.29. The molecule has 0 saturated carbocycles. The van der Waals surface area contributed by atoms with E-state index in [1.54, 1.807) is 6.92 Å². The Bertz CT molecular complexity index is 558. The highest BCUT2D eigenvalue weighted by Crippen LogP contribution is 2.35. The van der Waals surface area contributed by atoms with Crippen molar-refractivity contribution in [3.05, 3.63) is 28.6 Å². The second-order valence-electron chi connectivity index (χ2n) is 5.22. The third-order valence-corrected chi connectivity index (χ3v) is 3.59. The lowest BCUT2D eigenvalue weighted by atomic mass is 9.97. The number of halogens is 3. The Morgan fingerprint density at radius 3 is 2.73 bits per heavy atom. The Balaban J connectivity index is 2.44. The topological polar surface area (TPSA) is 42.4 Å². The first-order valence-electron chi connectivity index (χ1n) is 7.36. The standard InChI is InChI=1S/C15H19F3N2O2/c1-3-6-20-7-5-10-11(15(16,17)18)8-12(14(21)22-4-2)19-13(10)9-20/h8H,3-7,9H2,1-2H3. The molecule has 0 N–H and O–H groups in total. The van der Waals surface area contributed by atoms with Crippen LogP contribution < -0.4 is 0 Å². The SMILES string of the molecule is CCCN1CCc2c(C(F)(F)F)cc(C(=O)OCC)nc2C1. The van der Waals surface area contributed by atoms with E-state index in [9.17, 15) is 18.0 Å². The van der Waals surface area contributed by atoms with E-state index in [1.165, 1.54) is 0 Å². The average Bonchev–Trinajstić information content (AvgIpc) is 2.45. The molecular formula is C15H19F3N2O2. The van der Waals surface area contributed by atoms with Crippen LogP contribution in [0.2, 0.25) is 0 Å². The number of esters is 1. The third kappa shape index (κ3) is 3.58. The van der Waals surface area contributed by atoms with Crippen LogP contribution in [0.3, 0.4) is 0 Å². The first-order valence-corrected chi connectivity index (χ1v) is 7.36. The van der Waals surface area contributed by atoms with E-state index in [4.69, 9.17) is 4.74 Å². The van der Waals surface area contributed by atoms with Crippen molar-refractivity contribution in [3.8, 4) is 0 Å². The number of alkyl halides is 3. The molecule has 122 valence electrons. The molecule has 22 heavy (non-hydrogen) atoms. The number of carbonyl (C=O) groups is 1. The van der Waals surface area contributed by atoms with Gasteiger partial charge >= 0.3 is 12.1 Å². The fourth-order valence-electron chi connectivity index (χ4n) is 2.66. The van der Waals surface area contributed by atoms with E-state index in [-0.39, 0.29) is 17.9 Å². The lowest BCUT2D eigenvalue weighted by Crippen LogP contribution is -2.34. The van der Waals surface area contributed by atoms with Gasteiger partial charge in [-0.25, -0.2) is 9.78 Å². The van der Waals surface area contributed by atoms with Crippen molar-refractivity contribution in [1.82, 2.24) is 9.88 Å². The summed E-state index contributed by atoms with van der Waals surface area (Å²) in [7, 11) is 0. The van der Waals surface area contributed by atoms with Gasteiger partial charge in [-0.2, -0.15) is 13.2 Å². The predicted molar refractivity (Wildman–Crippen MR) is 74.5 cm³/mol. The molecule has 4 nitrogen and oxygen atoms in total. The molecule has 0 unspecified atom stereocenters. The molecule has 0 saturated heterocycles. The zero-order valence-corrected chi connectivity index (χ0v) is 12.7. The van der Waals surface area contributed by atoms with Crippen molar-refractivity contribution in [2.24, 2.45) is 0 Å². The second-order valence-corrected chi connectivity index (χ2v) is 5.22. The predicted octanol–water partition coefficient (Wildman–Crippen LogP) is 3.05. The van der Waals surface area contributed by atoms with Crippen molar-refractivity contribution < 1.29 is 22.7 Å². The van der Waals surface area contributed by atoms with Gasteiger partial charge in [0.15, 0.2) is 0 Å². The number of ether oxygens (including phenoxy) is 1. The molecule has 0 radical (unpaired) electrons. The molecule has 2 heterocycles. The van der Waals surface area contributed by atoms with Crippen LogP contribution in [0.25, 0.3) is 0 Å². The van der Waals surface area contributed by atoms with Crippen molar-refractivity contribution in [1.29, 1.82) is 0 Å². The first kappa shape index (κ1) is 16.7. The molecule has 0 atom stereocenters. The summed E-state index contributed by atoms with van der Waals surface area (Å²) in [6.45, 7) is 5.42. The van der Waals surface area contributed by atoms with Gasteiger partial charge in [-0.05, 0) is 37.9 Å². The molecule has 1 aromatic rings. The molecule has 1 aliphatic rings. The van der Waals surface area contributed by atoms with Crippen LogP contribution in [0.1, 0.15) is 47.6 Å². The van der Waals surface area contributed by atoms with E-state index in [1.807, 2.05) is 11.8 Å². The highest BCUT2D eigenvalue weighted by Gasteiger charge is 2.37. The lowest BCUT2D eigenvalue weighted by Gasteiger charge is -2.29. The third-order valence-electron chi connectivity index (χ3n) is 3.59. The molecule has 0 aromatic carbocycles. The number of carbonyl (C=O) groups excluding carboxylic acids is 1. The van der Waals surface area contributed by atoms with Gasteiger partial charge in [0, 0.05) is 13.1 Å². The van der Waals surface area contributed by atoms with Gasteiger partial charge in [0.2, 0.25) is 0 Å². The number of pyridine rings is 1. The van der Waals surface area contributed by atoms with Crippen molar-refractivity contribution in [2.45, 2.75) is 39.4 Å². The van der Waals surface area contributed by atoms with Gasteiger partial charge in [-0.1, -0.05) is 6.92 Å². The van der Waals surface area contributed by atoms with E-state index >= 15 is 0 Å². The van der Waals surface area contributed by atoms with Gasteiger partial charge in [-0.3, -0.25) is 4.90 Å². The van der Waals surface area contributed by atoms with E-state index in [0.29, 0.717) is 25.2 Å². The van der Waals surface area contributed by atoms with Crippen LogP contribution in [0.15, 0.2) is 6.07 Å². The van der Waals surface area contributed by atoms with Gasteiger partial charge < -0.3 is 4.74 Å². The fraction of sp³-hybridized carbons (Fsp3) is 0.600. The largest absolute Gasteiger partial charge is 0.461 e. The normalized spacial score (nSPS) is 15.5. The maximum Gasteiger partial charge on any atom is 0.416 e. The minimum absolute atomic E-state index is 0.0981. The van der Waals surface area contributed by atoms with Crippen LogP contribution >= 0.6 is 0 Å². The molecule has 0 aliphatic carbocycles. The molecule has 1 aliphatic heterocycles. The highest BCUT2D eigenvalue weighted by molar-refractivity contribution is 5.87. The maximum absolute atomic E-state index is 13.3. The van der Waals surface area contributed by atoms with Crippen LogP contribution in [0.5, 0.6) is 0 Å². The average molecular weight is 316 g/mol. The Kier molecular flexibility index (Phi) is 5.05. The number of hydrogen-bond acceptors (Lipinski definition) is 4. The number of rotatable bonds is 4. The smallest absolute Gasteiger partial charge is 0.416 e. The Hall–Kier alpha value is -1.63. The monoisotopic (exact) mass is 316 g/mol. The van der Waals surface area contributed by atoms with Crippen molar-refractivity contribution in [2.75, 3.05) is 19.7 Å². The molecule has 0 fully saturated rings. The highest BCUT2D eigenvalue weighted by atomic mass is 19.4. The van der Waals surface area contributed by atoms with Gasteiger partial charge in [0.1, 0.15) is 5.69 Å². The molecule has 1 aromatic heterocycles. The molecule has 0 spiro atoms. The summed E-state index contributed by atoms with van der Waals surface area (Å²) in [4.78, 5) is 17.9. The second kappa shape index (κ2) is 6.64. The lowest BCUT2D eigenvalue weighted by molar-refractivity contribution is -0.138. The summed E-state index contributed by atoms with van der Waals surface area (Å²) < 4.78 is 44.5. The number of aromatic nitrogens is 1. The summed E-state index contributed by atoms with van der Waals surface area (Å²) in [5, 5.41) is 0. The number of fused-ring (bicyclic) bond motifs is 1. The summed E-state index contributed by atoms with van der Waals surface area (Å²) >= 11 is 0. The molecule has 2 rings (SSSR count). The Labute approximate surface area is 127 Å². The van der Waals surface area contributed by atoms with Gasteiger partial charge in [0.25, 0.3) is 0 Å². The van der Waals surface area contributed by atoms with Crippen molar-refractivity contribution in [3.63, 3.8) is 0 Å². The van der Waals surface area contributed by atoms with E-state index in [2.05, 4.69) is 4.98 Å². The Morgan fingerprint density at radius 2 is 2.14 bits per heavy atom. The molecule has 0 bridgehead atoms. The molecule has 0 amide bonds. The van der Waals surface area contributed by atoms with Crippen LogP contribution in [-0.2, 0) is 23.9 Å². The van der Waals surface area contributed by atoms with Crippen molar-refractivity contribution >= 4 is 5.97 Å². The molecular weight excluding hydrogens is 297 g/mol. The van der Waals surface area contributed by atoms with Gasteiger partial charge in [0.05, 0.1) is 17.9 Å². The summed E-state index contributed by atoms with van der Waals surface area (Å²) in [5.41, 5.74) is -0.506. The van der Waals surface area contributed by atoms with E-state index < -0.39 is 17.7 Å². The minimum Gasteiger partial charge on any atom is -0.461 e. The minimum atomic E-state index is -4.50. The van der Waals surface area contributed by atoms with Crippen LogP contribution in [0, 0.1) is 0 Å². The zero-order valence-electron chi connectivity index (χ0n) is 12.7. The molecule has 7 heteroatoms. The van der Waals surface area contributed by atoms with Crippen LogP contribution in [0.4, 0.5) is 13.2 Å². The first-order chi connectivity index (χ1) is 10.4. The Morgan fingerprint density at radius 1 is 1.41 bits per heavy atom. The quantitative estimate of drug-likeness (QED) is 0.801. The van der Waals surface area contributed by atoms with Crippen LogP contribution in [-0.4, -0.2) is 35.5 Å². The van der Waals surface area contributed by atoms with E-state index in [0.717, 1.165) is 19.0 Å². The maximum atomic E-state index is 13.3. The number of hydrogen-bond donors (Lipinski definition) is 0. The number of nitrogens with zero attached hydrogens (tertiary/aromatic N) is 2. The fourth-order valence-corrected chi connectivity index (χ4v) is 2.66. The summed E-state index contributed by atoms with van der Waals surface area (Å²) in [6, 6.07) is 0.812. The van der Waals surface area contributed by atoms with Gasteiger partial charge in [-0.15, -0.1) is 0 Å². The zero-order chi connectivity index (χ0) is 16.3. The summed E-state index contributed by atoms with van der Waals surface area (Å²) in [5.74, 6) is -0.816.